The summed E-state index contributed by atoms with van der Waals surface area (Å²) in [6.07, 6.45) is 5.62. The fourth-order valence-electron chi connectivity index (χ4n) is 2.14. The van der Waals surface area contributed by atoms with E-state index in [-0.39, 0.29) is 0 Å². The van der Waals surface area contributed by atoms with Gasteiger partial charge in [0.25, 0.3) is 0 Å². The van der Waals surface area contributed by atoms with Crippen LogP contribution in [-0.2, 0) is 0 Å². The summed E-state index contributed by atoms with van der Waals surface area (Å²) in [5, 5.41) is 0. The molecule has 46 valence electrons. The van der Waals surface area contributed by atoms with Gasteiger partial charge in [0, 0.05) is 6.04 Å². The molecule has 1 heteroatoms. The standard InChI is InChI=1S/C7H13N/c8-7-4-2-5-1-3-6(5)7/h5-7H,1-4,8H2/t5-,6-,7?/m1/s1. The highest BCUT2D eigenvalue weighted by molar-refractivity contribution is 4.94. The largest absolute Gasteiger partial charge is 0.327 e. The van der Waals surface area contributed by atoms with E-state index < -0.39 is 0 Å². The predicted octanol–water partition coefficient (Wildman–Crippen LogP) is 1.13. The zero-order chi connectivity index (χ0) is 5.56. The molecule has 0 aromatic rings. The lowest BCUT2D eigenvalue weighted by Gasteiger charge is -2.32. The van der Waals surface area contributed by atoms with Crippen molar-refractivity contribution in [2.24, 2.45) is 17.6 Å². The van der Waals surface area contributed by atoms with E-state index >= 15 is 0 Å². The van der Waals surface area contributed by atoms with Gasteiger partial charge in [-0.3, -0.25) is 0 Å². The normalized spacial score (nSPS) is 52.9. The van der Waals surface area contributed by atoms with Crippen molar-refractivity contribution in [2.45, 2.75) is 31.7 Å². The summed E-state index contributed by atoms with van der Waals surface area (Å²) in [5.41, 5.74) is 5.82. The summed E-state index contributed by atoms with van der Waals surface area (Å²) in [6, 6.07) is 0.578. The van der Waals surface area contributed by atoms with Gasteiger partial charge in [-0.15, -0.1) is 0 Å². The van der Waals surface area contributed by atoms with E-state index in [4.69, 9.17) is 5.73 Å². The summed E-state index contributed by atoms with van der Waals surface area (Å²) in [6.45, 7) is 0. The summed E-state index contributed by atoms with van der Waals surface area (Å²) in [7, 11) is 0. The van der Waals surface area contributed by atoms with Crippen LogP contribution in [0.25, 0.3) is 0 Å². The van der Waals surface area contributed by atoms with Gasteiger partial charge in [-0.25, -0.2) is 0 Å². The molecule has 0 heterocycles. The topological polar surface area (TPSA) is 26.0 Å². The number of fused-ring (bicyclic) bond motifs is 1. The molecule has 0 aliphatic heterocycles. The summed E-state index contributed by atoms with van der Waals surface area (Å²) < 4.78 is 0. The Kier molecular flexibility index (Phi) is 0.884. The molecule has 0 aromatic carbocycles. The Morgan fingerprint density at radius 2 is 1.75 bits per heavy atom. The maximum atomic E-state index is 5.82. The fourth-order valence-corrected chi connectivity index (χ4v) is 2.14. The van der Waals surface area contributed by atoms with E-state index in [2.05, 4.69) is 0 Å². The third-order valence-corrected chi connectivity index (χ3v) is 2.90. The Hall–Kier alpha value is -0.0400. The van der Waals surface area contributed by atoms with Crippen LogP contribution in [0.5, 0.6) is 0 Å². The third kappa shape index (κ3) is 0.455. The Labute approximate surface area is 50.3 Å². The second-order valence-electron chi connectivity index (χ2n) is 3.24. The molecule has 0 amide bonds. The van der Waals surface area contributed by atoms with Crippen LogP contribution >= 0.6 is 0 Å². The Balaban J connectivity index is 2.05. The van der Waals surface area contributed by atoms with Crippen molar-refractivity contribution in [1.29, 1.82) is 0 Å². The van der Waals surface area contributed by atoms with Crippen LogP contribution in [0.3, 0.4) is 0 Å². The molecule has 2 saturated carbocycles. The molecule has 0 bridgehead atoms. The van der Waals surface area contributed by atoms with Gasteiger partial charge in [0.2, 0.25) is 0 Å². The van der Waals surface area contributed by atoms with Crippen LogP contribution in [-0.4, -0.2) is 6.04 Å². The zero-order valence-corrected chi connectivity index (χ0v) is 5.14. The lowest BCUT2D eigenvalue weighted by atomic mass is 9.75. The number of hydrogen-bond donors (Lipinski definition) is 1. The Morgan fingerprint density at radius 3 is 2.00 bits per heavy atom. The van der Waals surface area contributed by atoms with E-state index in [1.54, 1.807) is 0 Å². The molecule has 2 aliphatic rings. The molecule has 0 aromatic heterocycles. The molecular weight excluding hydrogens is 98.1 g/mol. The number of nitrogens with two attached hydrogens (primary N) is 1. The van der Waals surface area contributed by atoms with Gasteiger partial charge in [0.05, 0.1) is 0 Å². The van der Waals surface area contributed by atoms with Gasteiger partial charge < -0.3 is 5.73 Å². The summed E-state index contributed by atoms with van der Waals surface area (Å²) in [4.78, 5) is 0. The van der Waals surface area contributed by atoms with Crippen LogP contribution in [0.2, 0.25) is 0 Å². The van der Waals surface area contributed by atoms with E-state index in [9.17, 15) is 0 Å². The smallest absolute Gasteiger partial charge is 0.00699 e. The first-order chi connectivity index (χ1) is 3.88. The number of hydrogen-bond acceptors (Lipinski definition) is 1. The minimum absolute atomic E-state index is 0.578. The van der Waals surface area contributed by atoms with Crippen LogP contribution in [0, 0.1) is 11.8 Å². The predicted molar refractivity (Wildman–Crippen MR) is 33.4 cm³/mol. The summed E-state index contributed by atoms with van der Waals surface area (Å²) in [5.74, 6) is 1.99. The van der Waals surface area contributed by atoms with E-state index in [0.717, 1.165) is 11.8 Å². The minimum atomic E-state index is 0.578. The SMILES string of the molecule is NC1CC[C@H]2CC[C@@H]12. The average Bonchev–Trinajstić information content (AvgIpc) is 1.80. The zero-order valence-electron chi connectivity index (χ0n) is 5.14. The van der Waals surface area contributed by atoms with Gasteiger partial charge in [0.1, 0.15) is 0 Å². The molecule has 1 unspecified atom stereocenters. The average molecular weight is 111 g/mol. The monoisotopic (exact) mass is 111 g/mol. The lowest BCUT2D eigenvalue weighted by Crippen LogP contribution is -2.33. The van der Waals surface area contributed by atoms with Crippen molar-refractivity contribution in [3.63, 3.8) is 0 Å². The molecule has 0 radical (unpaired) electrons. The van der Waals surface area contributed by atoms with Crippen LogP contribution < -0.4 is 5.73 Å². The highest BCUT2D eigenvalue weighted by atomic mass is 14.7. The van der Waals surface area contributed by atoms with Crippen LogP contribution in [0.15, 0.2) is 0 Å². The minimum Gasteiger partial charge on any atom is -0.327 e. The third-order valence-electron chi connectivity index (χ3n) is 2.90. The van der Waals surface area contributed by atoms with Crippen molar-refractivity contribution in [1.82, 2.24) is 0 Å². The van der Waals surface area contributed by atoms with Crippen molar-refractivity contribution < 1.29 is 0 Å². The maximum absolute atomic E-state index is 5.82. The first kappa shape index (κ1) is 4.80. The van der Waals surface area contributed by atoms with Crippen molar-refractivity contribution in [3.8, 4) is 0 Å². The van der Waals surface area contributed by atoms with Crippen molar-refractivity contribution in [3.05, 3.63) is 0 Å². The molecule has 0 saturated heterocycles. The molecule has 1 nitrogen and oxygen atoms in total. The van der Waals surface area contributed by atoms with Crippen molar-refractivity contribution >= 4 is 0 Å². The first-order valence-electron chi connectivity index (χ1n) is 3.63. The quantitative estimate of drug-likeness (QED) is 0.498. The molecule has 2 fully saturated rings. The second-order valence-corrected chi connectivity index (χ2v) is 3.24. The van der Waals surface area contributed by atoms with Gasteiger partial charge in [-0.1, -0.05) is 0 Å². The molecule has 2 aliphatic carbocycles. The Morgan fingerprint density at radius 1 is 1.00 bits per heavy atom. The van der Waals surface area contributed by atoms with E-state index in [1.807, 2.05) is 0 Å². The Bertz CT molecular complexity index is 94.6. The molecule has 2 N–H and O–H groups in total. The fraction of sp³-hybridized carbons (Fsp3) is 1.00. The van der Waals surface area contributed by atoms with Gasteiger partial charge in [-0.05, 0) is 37.5 Å². The van der Waals surface area contributed by atoms with E-state index in [1.165, 1.54) is 25.7 Å². The lowest BCUT2D eigenvalue weighted by molar-refractivity contribution is 0.202. The maximum Gasteiger partial charge on any atom is 0.00699 e. The van der Waals surface area contributed by atoms with Gasteiger partial charge in [-0.2, -0.15) is 0 Å². The highest BCUT2D eigenvalue weighted by Gasteiger charge is 2.39. The highest BCUT2D eigenvalue weighted by Crippen LogP contribution is 2.45. The van der Waals surface area contributed by atoms with Crippen LogP contribution in [0.1, 0.15) is 25.7 Å². The molecular formula is C7H13N. The molecule has 3 atom stereocenters. The summed E-state index contributed by atoms with van der Waals surface area (Å²) >= 11 is 0. The molecule has 0 spiro atoms. The van der Waals surface area contributed by atoms with Gasteiger partial charge >= 0.3 is 0 Å². The second kappa shape index (κ2) is 1.47. The first-order valence-corrected chi connectivity index (χ1v) is 3.63. The van der Waals surface area contributed by atoms with Gasteiger partial charge in [0.15, 0.2) is 0 Å². The van der Waals surface area contributed by atoms with Crippen LogP contribution in [0.4, 0.5) is 0 Å². The molecule has 2 rings (SSSR count). The van der Waals surface area contributed by atoms with Crippen molar-refractivity contribution in [2.75, 3.05) is 0 Å². The van der Waals surface area contributed by atoms with E-state index in [0.29, 0.717) is 6.04 Å². The molecule has 8 heavy (non-hydrogen) atoms. The number of rotatable bonds is 0.